The molecular weight excluding hydrogens is 378 g/mol. The zero-order valence-electron chi connectivity index (χ0n) is 12.5. The van der Waals surface area contributed by atoms with E-state index in [1.54, 1.807) is 26.2 Å². The van der Waals surface area contributed by atoms with Crippen LogP contribution in [0.25, 0.3) is 11.6 Å². The number of ether oxygens (including phenoxy) is 1. The van der Waals surface area contributed by atoms with Crippen LogP contribution >= 0.6 is 27.3 Å². The molecule has 23 heavy (non-hydrogen) atoms. The molecule has 0 saturated heterocycles. The van der Waals surface area contributed by atoms with Gasteiger partial charge in [-0.2, -0.15) is 10.5 Å². The number of nitrogens with zero attached hydrogens (tertiary/aromatic N) is 3. The second kappa shape index (κ2) is 7.28. The lowest BCUT2D eigenvalue weighted by atomic mass is 10.2. The van der Waals surface area contributed by atoms with Crippen LogP contribution < -0.4 is 19.5 Å². The Morgan fingerprint density at radius 3 is 2.70 bits per heavy atom. The molecule has 7 heteroatoms. The van der Waals surface area contributed by atoms with Gasteiger partial charge in [-0.05, 0) is 31.2 Å². The molecule has 0 unspecified atom stereocenters. The Morgan fingerprint density at radius 1 is 1.43 bits per heavy atom. The number of hydrogen-bond donors (Lipinski definition) is 0. The van der Waals surface area contributed by atoms with Crippen LogP contribution in [0.5, 0.6) is 5.75 Å². The number of rotatable bonds is 3. The van der Waals surface area contributed by atoms with Crippen molar-refractivity contribution in [1.29, 1.82) is 10.5 Å². The van der Waals surface area contributed by atoms with Gasteiger partial charge in [0.25, 0.3) is 5.56 Å². The van der Waals surface area contributed by atoms with Crippen LogP contribution in [0.1, 0.15) is 12.5 Å². The van der Waals surface area contributed by atoms with Crippen molar-refractivity contribution in [1.82, 2.24) is 4.57 Å². The SMILES string of the molecule is CCn1c(=C(C#N)C#N)s/c(=C/c2cc(Br)ccc2OC)c1=O. The monoisotopic (exact) mass is 389 g/mol. The third-order valence-electron chi connectivity index (χ3n) is 3.14. The van der Waals surface area contributed by atoms with E-state index in [0.717, 1.165) is 21.4 Å². The number of benzene rings is 1. The number of thiazole rings is 1. The average molecular weight is 390 g/mol. The minimum Gasteiger partial charge on any atom is -0.496 e. The summed E-state index contributed by atoms with van der Waals surface area (Å²) < 4.78 is 8.42. The highest BCUT2D eigenvalue weighted by Crippen LogP contribution is 2.23. The smallest absolute Gasteiger partial charge is 0.269 e. The summed E-state index contributed by atoms with van der Waals surface area (Å²) in [7, 11) is 1.56. The third kappa shape index (κ3) is 3.37. The first-order valence-corrected chi connectivity index (χ1v) is 8.26. The number of nitriles is 2. The Morgan fingerprint density at radius 2 is 2.13 bits per heavy atom. The minimum absolute atomic E-state index is 0.0604. The fourth-order valence-electron chi connectivity index (χ4n) is 2.07. The molecule has 2 aromatic rings. The lowest BCUT2D eigenvalue weighted by molar-refractivity contribution is 0.413. The molecule has 0 radical (unpaired) electrons. The molecular formula is C16H12BrN3O2S. The molecule has 0 saturated carbocycles. The van der Waals surface area contributed by atoms with Gasteiger partial charge in [0.1, 0.15) is 22.6 Å². The van der Waals surface area contributed by atoms with E-state index in [4.69, 9.17) is 15.3 Å². The molecule has 2 rings (SSSR count). The highest BCUT2D eigenvalue weighted by Gasteiger charge is 2.09. The van der Waals surface area contributed by atoms with Gasteiger partial charge in [-0.3, -0.25) is 9.36 Å². The Bertz CT molecular complexity index is 990. The molecule has 116 valence electrons. The summed E-state index contributed by atoms with van der Waals surface area (Å²) in [6.07, 6.45) is 1.71. The Labute approximate surface area is 145 Å². The Balaban J connectivity index is 2.85. The average Bonchev–Trinajstić information content (AvgIpc) is 2.85. The van der Waals surface area contributed by atoms with Crippen LogP contribution in [0, 0.1) is 22.7 Å². The second-order valence-corrected chi connectivity index (χ2v) is 6.40. The van der Waals surface area contributed by atoms with Crippen molar-refractivity contribution in [3.8, 4) is 17.9 Å². The van der Waals surface area contributed by atoms with E-state index in [-0.39, 0.29) is 11.1 Å². The fourth-order valence-corrected chi connectivity index (χ4v) is 3.56. The maximum atomic E-state index is 12.5. The molecule has 1 aromatic carbocycles. The zero-order chi connectivity index (χ0) is 17.0. The molecule has 0 spiro atoms. The summed E-state index contributed by atoms with van der Waals surface area (Å²) in [4.78, 5) is 12.5. The molecule has 1 heterocycles. The molecule has 0 N–H and O–H groups in total. The molecule has 1 aromatic heterocycles. The normalized spacial score (nSPS) is 10.9. The lowest BCUT2D eigenvalue weighted by Gasteiger charge is -2.04. The van der Waals surface area contributed by atoms with Crippen LogP contribution in [0.15, 0.2) is 27.5 Å². The van der Waals surface area contributed by atoms with E-state index in [2.05, 4.69) is 15.9 Å². The van der Waals surface area contributed by atoms with Crippen LogP contribution in [-0.4, -0.2) is 11.7 Å². The fraction of sp³-hybridized carbons (Fsp3) is 0.188. The van der Waals surface area contributed by atoms with Gasteiger partial charge in [-0.1, -0.05) is 15.9 Å². The van der Waals surface area contributed by atoms with Crippen LogP contribution in [0.3, 0.4) is 0 Å². The van der Waals surface area contributed by atoms with Crippen LogP contribution in [-0.2, 0) is 6.54 Å². The summed E-state index contributed by atoms with van der Waals surface area (Å²) in [5.74, 6) is 0.635. The summed E-state index contributed by atoms with van der Waals surface area (Å²) in [6.45, 7) is 2.19. The van der Waals surface area contributed by atoms with Crippen LogP contribution in [0.4, 0.5) is 0 Å². The first-order valence-electron chi connectivity index (χ1n) is 6.65. The number of aromatic nitrogens is 1. The van der Waals surface area contributed by atoms with Crippen molar-refractivity contribution in [3.05, 3.63) is 47.8 Å². The van der Waals surface area contributed by atoms with E-state index in [1.165, 1.54) is 4.57 Å². The van der Waals surface area contributed by atoms with Crippen molar-refractivity contribution in [2.45, 2.75) is 13.5 Å². The predicted molar refractivity (Wildman–Crippen MR) is 92.4 cm³/mol. The van der Waals surface area contributed by atoms with Gasteiger partial charge in [0.15, 0.2) is 5.57 Å². The number of methoxy groups -OCH3 is 1. The molecule has 0 aliphatic carbocycles. The minimum atomic E-state index is -0.225. The second-order valence-electron chi connectivity index (χ2n) is 4.45. The van der Waals surface area contributed by atoms with Gasteiger partial charge in [0.2, 0.25) is 0 Å². The lowest BCUT2D eigenvalue weighted by Crippen LogP contribution is -2.31. The molecule has 0 atom stereocenters. The summed E-state index contributed by atoms with van der Waals surface area (Å²) in [5.41, 5.74) is 0.456. The topological polar surface area (TPSA) is 78.8 Å². The van der Waals surface area contributed by atoms with Gasteiger partial charge in [-0.25, -0.2) is 0 Å². The van der Waals surface area contributed by atoms with Gasteiger partial charge in [0.05, 0.1) is 11.6 Å². The van der Waals surface area contributed by atoms with E-state index in [1.807, 2.05) is 24.3 Å². The summed E-state index contributed by atoms with van der Waals surface area (Å²) >= 11 is 4.52. The molecule has 0 fully saturated rings. The zero-order valence-corrected chi connectivity index (χ0v) is 14.9. The van der Waals surface area contributed by atoms with Crippen LogP contribution in [0.2, 0.25) is 0 Å². The highest BCUT2D eigenvalue weighted by atomic mass is 79.9. The number of halogens is 1. The Hall–Kier alpha value is -2.35. The predicted octanol–water partition coefficient (Wildman–Crippen LogP) is 1.73. The van der Waals surface area contributed by atoms with E-state index in [9.17, 15) is 4.79 Å². The van der Waals surface area contributed by atoms with Gasteiger partial charge in [0, 0.05) is 16.6 Å². The maximum absolute atomic E-state index is 12.5. The van der Waals surface area contributed by atoms with Crippen molar-refractivity contribution >= 4 is 38.9 Å². The standard InChI is InChI=1S/C16H12BrN3O2S/c1-3-20-15(21)14(23-16(20)11(8-18)9-19)7-10-6-12(17)4-5-13(10)22-2/h4-7H,3H2,1-2H3/b14-7+. The quantitative estimate of drug-likeness (QED) is 0.800. The van der Waals surface area contributed by atoms with E-state index < -0.39 is 0 Å². The highest BCUT2D eigenvalue weighted by molar-refractivity contribution is 9.10. The molecule has 0 bridgehead atoms. The van der Waals surface area contributed by atoms with Gasteiger partial charge in [-0.15, -0.1) is 11.3 Å². The van der Waals surface area contributed by atoms with Crippen molar-refractivity contribution in [2.24, 2.45) is 0 Å². The summed E-state index contributed by atoms with van der Waals surface area (Å²) in [6, 6.07) is 9.16. The molecule has 0 amide bonds. The largest absolute Gasteiger partial charge is 0.496 e. The molecule has 5 nitrogen and oxygen atoms in total. The first-order chi connectivity index (χ1) is 11.0. The van der Waals surface area contributed by atoms with Crippen molar-refractivity contribution in [3.63, 3.8) is 0 Å². The third-order valence-corrected chi connectivity index (χ3v) is 4.76. The molecule has 0 aliphatic heterocycles. The number of hydrogen-bond acceptors (Lipinski definition) is 5. The van der Waals surface area contributed by atoms with Crippen molar-refractivity contribution < 1.29 is 4.74 Å². The summed E-state index contributed by atoms with van der Waals surface area (Å²) in [5, 5.41) is 18.1. The van der Waals surface area contributed by atoms with E-state index in [0.29, 0.717) is 21.5 Å². The Kier molecular flexibility index (Phi) is 5.38. The molecule has 0 aliphatic rings. The van der Waals surface area contributed by atoms with Gasteiger partial charge >= 0.3 is 0 Å². The van der Waals surface area contributed by atoms with E-state index >= 15 is 0 Å². The first kappa shape index (κ1) is 17.0. The van der Waals surface area contributed by atoms with Crippen molar-refractivity contribution in [2.75, 3.05) is 7.11 Å². The maximum Gasteiger partial charge on any atom is 0.269 e. The van der Waals surface area contributed by atoms with Gasteiger partial charge < -0.3 is 4.74 Å².